The second-order valence-corrected chi connectivity index (χ2v) is 23.3. The monoisotopic (exact) mass is 914 g/mol. The standard InChI is InChI=1S/C69H54O2/c1-66(2)54-19-11-9-15-42(54)49-31-33-51-47-29-27-39(45-17-13-21-56(59(45)47)68(5,6)63(51)61(49)66)37-23-25-41-44-26-24-38(36-58(44)71-65(70)53(41)35-37)40-28-30-48-52-34-32-50-43-16-10-12-20-55(43)67(3,4)62(50)64(52)69(7,8)57-22-14-18-46(40)60(48)57/h9-36,53,58H,1-8H3. The Kier molecular flexibility index (Phi) is 7.81. The van der Waals surface area contributed by atoms with Crippen molar-refractivity contribution in [2.45, 2.75) is 83.2 Å². The lowest BCUT2D eigenvalue weighted by Crippen LogP contribution is -2.33. The van der Waals surface area contributed by atoms with Crippen LogP contribution in [0.3, 0.4) is 0 Å². The van der Waals surface area contributed by atoms with Gasteiger partial charge >= 0.3 is 5.97 Å². The summed E-state index contributed by atoms with van der Waals surface area (Å²) >= 11 is 0. The van der Waals surface area contributed by atoms with Crippen molar-refractivity contribution in [3.63, 3.8) is 0 Å². The molecule has 8 aromatic rings. The highest BCUT2D eigenvalue weighted by Crippen LogP contribution is 2.61. The van der Waals surface area contributed by atoms with E-state index in [0.717, 1.165) is 33.4 Å². The Bertz CT molecular complexity index is 4040. The van der Waals surface area contributed by atoms with Gasteiger partial charge in [0.15, 0.2) is 0 Å². The maximum atomic E-state index is 14.3. The Hall–Kier alpha value is -7.55. The molecule has 1 heterocycles. The summed E-state index contributed by atoms with van der Waals surface area (Å²) in [6, 6.07) is 50.3. The number of benzene rings is 8. The van der Waals surface area contributed by atoms with Crippen molar-refractivity contribution >= 4 is 38.7 Å². The van der Waals surface area contributed by atoms with E-state index in [1.165, 1.54) is 111 Å². The van der Waals surface area contributed by atoms with Crippen LogP contribution in [0.4, 0.5) is 0 Å². The molecule has 15 rings (SSSR count). The quantitative estimate of drug-likeness (QED) is 0.162. The molecule has 7 aliphatic rings. The van der Waals surface area contributed by atoms with E-state index < -0.39 is 12.0 Å². The highest BCUT2D eigenvalue weighted by molar-refractivity contribution is 6.12. The van der Waals surface area contributed by atoms with Gasteiger partial charge in [-0.25, -0.2) is 0 Å². The highest BCUT2D eigenvalue weighted by atomic mass is 16.5. The fourth-order valence-electron chi connectivity index (χ4n) is 15.1. The molecule has 0 saturated carbocycles. The first-order valence-corrected chi connectivity index (χ1v) is 25.6. The summed E-state index contributed by atoms with van der Waals surface area (Å²) in [4.78, 5) is 14.3. The summed E-state index contributed by atoms with van der Waals surface area (Å²) in [7, 11) is 0. The van der Waals surface area contributed by atoms with Gasteiger partial charge in [0.25, 0.3) is 0 Å². The van der Waals surface area contributed by atoms with Gasteiger partial charge in [-0.3, -0.25) is 4.79 Å². The van der Waals surface area contributed by atoms with E-state index in [1.54, 1.807) is 0 Å². The molecule has 0 spiro atoms. The van der Waals surface area contributed by atoms with Crippen LogP contribution in [0.5, 0.6) is 0 Å². The van der Waals surface area contributed by atoms with Crippen molar-refractivity contribution in [3.05, 3.63) is 237 Å². The van der Waals surface area contributed by atoms with Crippen molar-refractivity contribution in [1.29, 1.82) is 0 Å². The number of carbonyl (C=O) groups is 1. The van der Waals surface area contributed by atoms with E-state index in [0.29, 0.717) is 0 Å². The molecule has 6 aliphatic carbocycles. The lowest BCUT2D eigenvalue weighted by molar-refractivity contribution is -0.148. The number of esters is 1. The molecule has 2 nitrogen and oxygen atoms in total. The van der Waals surface area contributed by atoms with Crippen LogP contribution in [0, 0.1) is 5.92 Å². The fraction of sp³-hybridized carbons (Fsp3) is 0.203. The molecule has 0 radical (unpaired) electrons. The summed E-state index contributed by atoms with van der Waals surface area (Å²) in [5, 5.41) is 5.06. The van der Waals surface area contributed by atoms with Crippen molar-refractivity contribution in [2.24, 2.45) is 5.92 Å². The van der Waals surface area contributed by atoms with Crippen LogP contribution in [-0.2, 0) is 31.2 Å². The molecule has 0 bridgehead atoms. The molecule has 2 unspecified atom stereocenters. The van der Waals surface area contributed by atoms with Crippen LogP contribution in [0.2, 0.25) is 0 Å². The molecule has 71 heavy (non-hydrogen) atoms. The van der Waals surface area contributed by atoms with Gasteiger partial charge in [0, 0.05) is 27.2 Å². The number of fused-ring (bicyclic) bond motifs is 14. The SMILES string of the molecule is CC1(C)c2ccccc2-c2ccc3c(c21)C(C)(C)c1cccc2c(C4=CC5OC(=O)C6C=C(c7ccc8c9c(cccc79)C(C)(C)c7c-8ccc8c7C(C)(C)c7ccccc7-8)C=CC6=C5C=C4)ccc-3c12. The zero-order valence-corrected chi connectivity index (χ0v) is 41.6. The van der Waals surface area contributed by atoms with Gasteiger partial charge in [0.1, 0.15) is 12.0 Å². The number of hydrogen-bond donors (Lipinski definition) is 0. The zero-order valence-electron chi connectivity index (χ0n) is 41.6. The molecule has 2 atom stereocenters. The number of allylic oxidation sites excluding steroid dienone is 5. The van der Waals surface area contributed by atoms with Crippen LogP contribution in [0.15, 0.2) is 181 Å². The first-order valence-electron chi connectivity index (χ1n) is 25.6. The van der Waals surface area contributed by atoms with Crippen molar-refractivity contribution in [1.82, 2.24) is 0 Å². The number of ether oxygens (including phenoxy) is 1. The molecule has 8 aromatic carbocycles. The molecular weight excluding hydrogens is 861 g/mol. The largest absolute Gasteiger partial charge is 0.452 e. The molecule has 0 N–H and O–H groups in total. The Morgan fingerprint density at radius 2 is 0.732 bits per heavy atom. The summed E-state index contributed by atoms with van der Waals surface area (Å²) in [6.07, 6.45) is 12.7. The number of carbonyl (C=O) groups excluding carboxylic acids is 1. The first-order chi connectivity index (χ1) is 34.2. The zero-order chi connectivity index (χ0) is 48.2. The number of hydrogen-bond acceptors (Lipinski definition) is 2. The molecule has 1 aliphatic heterocycles. The van der Waals surface area contributed by atoms with E-state index >= 15 is 0 Å². The van der Waals surface area contributed by atoms with E-state index in [9.17, 15) is 4.79 Å². The van der Waals surface area contributed by atoms with Gasteiger partial charge in [-0.15, -0.1) is 0 Å². The first kappa shape index (κ1) is 41.3. The predicted octanol–water partition coefficient (Wildman–Crippen LogP) is 16.7. The topological polar surface area (TPSA) is 26.3 Å². The van der Waals surface area contributed by atoms with Crippen LogP contribution >= 0.6 is 0 Å². The van der Waals surface area contributed by atoms with Gasteiger partial charge in [-0.05, 0) is 144 Å². The van der Waals surface area contributed by atoms with E-state index in [1.807, 2.05) is 0 Å². The van der Waals surface area contributed by atoms with Crippen molar-refractivity contribution in [3.8, 4) is 44.5 Å². The predicted molar refractivity (Wildman–Crippen MR) is 293 cm³/mol. The summed E-state index contributed by atoms with van der Waals surface area (Å²) in [5.41, 5.74) is 27.7. The average molecular weight is 915 g/mol. The smallest absolute Gasteiger partial charge is 0.318 e. The molecule has 0 fully saturated rings. The van der Waals surface area contributed by atoms with E-state index in [-0.39, 0.29) is 27.6 Å². The Morgan fingerprint density at radius 3 is 1.23 bits per heavy atom. The second kappa shape index (κ2) is 13.4. The lowest BCUT2D eigenvalue weighted by Gasteiger charge is -2.40. The number of rotatable bonds is 2. The van der Waals surface area contributed by atoms with E-state index in [2.05, 4.69) is 225 Å². The molecule has 2 heteroatoms. The van der Waals surface area contributed by atoms with Gasteiger partial charge < -0.3 is 4.74 Å². The van der Waals surface area contributed by atoms with Gasteiger partial charge in [-0.1, -0.05) is 219 Å². The van der Waals surface area contributed by atoms with Crippen LogP contribution < -0.4 is 0 Å². The van der Waals surface area contributed by atoms with Crippen molar-refractivity contribution in [2.75, 3.05) is 0 Å². The van der Waals surface area contributed by atoms with Crippen LogP contribution in [0.25, 0.3) is 77.2 Å². The molecule has 0 amide bonds. The lowest BCUT2D eigenvalue weighted by atomic mass is 9.63. The minimum atomic E-state index is -0.489. The molecule has 0 aromatic heterocycles. The Morgan fingerprint density at radius 1 is 0.352 bits per heavy atom. The summed E-state index contributed by atoms with van der Waals surface area (Å²) < 4.78 is 6.45. The third-order valence-electron chi connectivity index (χ3n) is 18.4. The van der Waals surface area contributed by atoms with Crippen LogP contribution in [-0.4, -0.2) is 12.1 Å². The highest BCUT2D eigenvalue weighted by Gasteiger charge is 2.47. The van der Waals surface area contributed by atoms with Gasteiger partial charge in [0.2, 0.25) is 0 Å². The Balaban J connectivity index is 0.792. The Labute approximate surface area is 416 Å². The normalized spacial score (nSPS) is 21.0. The fourth-order valence-corrected chi connectivity index (χ4v) is 15.1. The summed E-state index contributed by atoms with van der Waals surface area (Å²) in [5.74, 6) is -0.693. The minimum absolute atomic E-state index is 0.112. The van der Waals surface area contributed by atoms with E-state index in [4.69, 9.17) is 4.74 Å². The minimum Gasteiger partial charge on any atom is -0.452 e. The average Bonchev–Trinajstić information content (AvgIpc) is 3.76. The molecule has 342 valence electrons. The molecular formula is C69H54O2. The van der Waals surface area contributed by atoms with Gasteiger partial charge in [0.05, 0.1) is 0 Å². The maximum absolute atomic E-state index is 14.3. The maximum Gasteiger partial charge on any atom is 0.318 e. The van der Waals surface area contributed by atoms with Crippen LogP contribution in [0.1, 0.15) is 111 Å². The second-order valence-electron chi connectivity index (χ2n) is 23.3. The third-order valence-corrected chi connectivity index (χ3v) is 18.4. The summed E-state index contributed by atoms with van der Waals surface area (Å²) in [6.45, 7) is 19.3. The van der Waals surface area contributed by atoms with Crippen molar-refractivity contribution < 1.29 is 9.53 Å². The third kappa shape index (κ3) is 5.06. The van der Waals surface area contributed by atoms with Gasteiger partial charge in [-0.2, -0.15) is 0 Å². The molecule has 0 saturated heterocycles.